The maximum atomic E-state index is 14.0. The molecule has 1 aromatic rings. The van der Waals surface area contributed by atoms with Gasteiger partial charge in [0.15, 0.2) is 6.17 Å². The SMILES string of the molecule is CCCCCC[C@@H](F)C(=O)OC1CCC(COc2ccc(C3CC[CH]CC3)cc2)CC1. The van der Waals surface area contributed by atoms with Crippen molar-refractivity contribution in [2.24, 2.45) is 5.92 Å². The highest BCUT2D eigenvalue weighted by atomic mass is 19.1. The second-order valence-corrected chi connectivity index (χ2v) is 9.42. The Balaban J connectivity index is 1.31. The topological polar surface area (TPSA) is 35.5 Å². The van der Waals surface area contributed by atoms with Gasteiger partial charge in [-0.3, -0.25) is 0 Å². The van der Waals surface area contributed by atoms with Gasteiger partial charge in [-0.25, -0.2) is 9.18 Å². The van der Waals surface area contributed by atoms with E-state index < -0.39 is 12.1 Å². The number of hydrogen-bond donors (Lipinski definition) is 0. The monoisotopic (exact) mass is 431 g/mol. The fourth-order valence-electron chi connectivity index (χ4n) is 4.83. The number of esters is 1. The molecule has 3 nitrogen and oxygen atoms in total. The third-order valence-corrected chi connectivity index (χ3v) is 6.92. The molecular formula is C27H40FO3. The summed E-state index contributed by atoms with van der Waals surface area (Å²) >= 11 is 0. The number of carbonyl (C=O) groups is 1. The first kappa shape index (κ1) is 24.1. The molecule has 1 atom stereocenters. The van der Waals surface area contributed by atoms with Crippen molar-refractivity contribution in [2.75, 3.05) is 6.61 Å². The van der Waals surface area contributed by atoms with Crippen molar-refractivity contribution in [3.63, 3.8) is 0 Å². The smallest absolute Gasteiger partial charge is 0.340 e. The molecule has 2 aliphatic carbocycles. The Labute approximate surface area is 188 Å². The summed E-state index contributed by atoms with van der Waals surface area (Å²) in [5.74, 6) is 1.44. The van der Waals surface area contributed by atoms with Crippen LogP contribution in [0, 0.1) is 12.3 Å². The zero-order valence-electron chi connectivity index (χ0n) is 19.2. The number of benzene rings is 1. The van der Waals surface area contributed by atoms with Gasteiger partial charge in [0, 0.05) is 0 Å². The fraction of sp³-hybridized carbons (Fsp3) is 0.704. The van der Waals surface area contributed by atoms with Gasteiger partial charge in [0.1, 0.15) is 11.9 Å². The summed E-state index contributed by atoms with van der Waals surface area (Å²) in [4.78, 5) is 12.0. The van der Waals surface area contributed by atoms with Gasteiger partial charge in [0.2, 0.25) is 0 Å². The Morgan fingerprint density at radius 3 is 2.39 bits per heavy atom. The average Bonchev–Trinajstić information content (AvgIpc) is 2.82. The molecule has 0 aliphatic heterocycles. The molecule has 0 spiro atoms. The van der Waals surface area contributed by atoms with Crippen LogP contribution in [0.1, 0.15) is 102 Å². The summed E-state index contributed by atoms with van der Waals surface area (Å²) < 4.78 is 25.5. The Morgan fingerprint density at radius 2 is 1.71 bits per heavy atom. The summed E-state index contributed by atoms with van der Waals surface area (Å²) in [7, 11) is 0. The molecule has 0 aromatic heterocycles. The van der Waals surface area contributed by atoms with Gasteiger partial charge in [-0.15, -0.1) is 0 Å². The highest BCUT2D eigenvalue weighted by molar-refractivity contribution is 5.74. The number of unbranched alkanes of at least 4 members (excludes halogenated alkanes) is 3. The first-order valence-corrected chi connectivity index (χ1v) is 12.5. The molecule has 0 bridgehead atoms. The molecule has 0 saturated heterocycles. The number of rotatable bonds is 11. The maximum Gasteiger partial charge on any atom is 0.340 e. The van der Waals surface area contributed by atoms with Crippen molar-refractivity contribution >= 4 is 5.97 Å². The predicted molar refractivity (Wildman–Crippen MR) is 123 cm³/mol. The van der Waals surface area contributed by atoms with Crippen molar-refractivity contribution in [2.45, 2.75) is 109 Å². The number of ether oxygens (including phenoxy) is 2. The van der Waals surface area contributed by atoms with Crippen LogP contribution in [-0.4, -0.2) is 24.9 Å². The van der Waals surface area contributed by atoms with Crippen molar-refractivity contribution in [3.05, 3.63) is 36.2 Å². The molecular weight excluding hydrogens is 391 g/mol. The third-order valence-electron chi connectivity index (χ3n) is 6.92. The molecule has 2 aliphatic rings. The molecule has 0 unspecified atom stereocenters. The standard InChI is InChI=1S/C27H40FO3/c1-2-3-4-8-11-26(28)27(29)31-25-16-12-21(13-17-25)20-30-24-18-14-23(15-19-24)22-9-6-5-7-10-22/h5,14-15,18-19,21-22,25-26H,2-4,6-13,16-17,20H2,1H3/t21?,25?,26-/m1/s1. The van der Waals surface area contributed by atoms with E-state index in [2.05, 4.69) is 37.6 Å². The van der Waals surface area contributed by atoms with E-state index in [0.717, 1.165) is 57.1 Å². The van der Waals surface area contributed by atoms with Gasteiger partial charge >= 0.3 is 5.97 Å². The summed E-state index contributed by atoms with van der Waals surface area (Å²) in [6.45, 7) is 2.82. The average molecular weight is 432 g/mol. The fourth-order valence-corrected chi connectivity index (χ4v) is 4.83. The molecule has 2 fully saturated rings. The highest BCUT2D eigenvalue weighted by Crippen LogP contribution is 2.33. The van der Waals surface area contributed by atoms with Crippen LogP contribution in [0.3, 0.4) is 0 Å². The van der Waals surface area contributed by atoms with E-state index in [0.29, 0.717) is 24.9 Å². The molecule has 31 heavy (non-hydrogen) atoms. The summed E-state index contributed by atoms with van der Waals surface area (Å²) in [6, 6.07) is 8.64. The maximum absolute atomic E-state index is 14.0. The molecule has 0 N–H and O–H groups in total. The Kier molecular flexibility index (Phi) is 10.2. The van der Waals surface area contributed by atoms with Gasteiger partial charge in [-0.05, 0) is 100 Å². The Morgan fingerprint density at radius 1 is 1.00 bits per heavy atom. The van der Waals surface area contributed by atoms with Crippen molar-refractivity contribution in [1.29, 1.82) is 0 Å². The lowest BCUT2D eigenvalue weighted by Gasteiger charge is -2.28. The zero-order valence-corrected chi connectivity index (χ0v) is 19.2. The van der Waals surface area contributed by atoms with Crippen LogP contribution in [0.4, 0.5) is 4.39 Å². The molecule has 3 rings (SSSR count). The van der Waals surface area contributed by atoms with E-state index in [1.807, 2.05) is 0 Å². The quantitative estimate of drug-likeness (QED) is 0.272. The summed E-state index contributed by atoms with van der Waals surface area (Å²) in [6.07, 6.45) is 13.5. The van der Waals surface area contributed by atoms with Crippen molar-refractivity contribution in [1.82, 2.24) is 0 Å². The van der Waals surface area contributed by atoms with E-state index in [1.54, 1.807) is 0 Å². The largest absolute Gasteiger partial charge is 0.493 e. The molecule has 2 saturated carbocycles. The molecule has 173 valence electrons. The lowest BCUT2D eigenvalue weighted by atomic mass is 9.84. The lowest BCUT2D eigenvalue weighted by molar-refractivity contribution is -0.157. The second-order valence-electron chi connectivity index (χ2n) is 9.42. The summed E-state index contributed by atoms with van der Waals surface area (Å²) in [5.41, 5.74) is 1.43. The van der Waals surface area contributed by atoms with E-state index >= 15 is 0 Å². The van der Waals surface area contributed by atoms with E-state index in [9.17, 15) is 9.18 Å². The van der Waals surface area contributed by atoms with E-state index in [-0.39, 0.29) is 6.10 Å². The van der Waals surface area contributed by atoms with Crippen LogP contribution >= 0.6 is 0 Å². The van der Waals surface area contributed by atoms with Gasteiger partial charge in [0.25, 0.3) is 0 Å². The minimum atomic E-state index is -1.47. The van der Waals surface area contributed by atoms with E-state index in [4.69, 9.17) is 9.47 Å². The Hall–Kier alpha value is -1.58. The van der Waals surface area contributed by atoms with Gasteiger partial charge < -0.3 is 9.47 Å². The first-order chi connectivity index (χ1) is 15.2. The Bertz CT molecular complexity index is 630. The molecule has 0 amide bonds. The minimum absolute atomic E-state index is 0.135. The normalized spacial score (nSPS) is 23.3. The van der Waals surface area contributed by atoms with Crippen molar-refractivity contribution in [3.8, 4) is 5.75 Å². The van der Waals surface area contributed by atoms with Gasteiger partial charge in [-0.1, -0.05) is 38.3 Å². The van der Waals surface area contributed by atoms with Crippen LogP contribution in [0.2, 0.25) is 0 Å². The second kappa shape index (κ2) is 13.1. The van der Waals surface area contributed by atoms with Crippen molar-refractivity contribution < 1.29 is 18.7 Å². The molecule has 4 heteroatoms. The molecule has 0 heterocycles. The van der Waals surface area contributed by atoms with Gasteiger partial charge in [0.05, 0.1) is 6.61 Å². The van der Waals surface area contributed by atoms with Crippen LogP contribution in [0.25, 0.3) is 0 Å². The number of halogens is 1. The first-order valence-electron chi connectivity index (χ1n) is 12.5. The number of hydrogen-bond acceptors (Lipinski definition) is 3. The molecule has 1 aromatic carbocycles. The van der Waals surface area contributed by atoms with Crippen LogP contribution in [0.15, 0.2) is 24.3 Å². The third kappa shape index (κ3) is 8.12. The van der Waals surface area contributed by atoms with Crippen LogP contribution < -0.4 is 4.74 Å². The highest BCUT2D eigenvalue weighted by Gasteiger charge is 2.27. The minimum Gasteiger partial charge on any atom is -0.493 e. The van der Waals surface area contributed by atoms with Crippen LogP contribution in [0.5, 0.6) is 5.75 Å². The van der Waals surface area contributed by atoms with E-state index in [1.165, 1.54) is 31.2 Å². The molecule has 1 radical (unpaired) electrons. The van der Waals surface area contributed by atoms with Crippen LogP contribution in [-0.2, 0) is 9.53 Å². The number of alkyl halides is 1. The van der Waals surface area contributed by atoms with Gasteiger partial charge in [-0.2, -0.15) is 0 Å². The summed E-state index contributed by atoms with van der Waals surface area (Å²) in [5, 5.41) is 0. The predicted octanol–water partition coefficient (Wildman–Crippen LogP) is 7.34. The zero-order chi connectivity index (χ0) is 21.9. The number of carbonyl (C=O) groups excluding carboxylic acids is 1. The lowest BCUT2D eigenvalue weighted by Crippen LogP contribution is -2.30.